The van der Waals surface area contributed by atoms with Crippen molar-refractivity contribution in [2.75, 3.05) is 32.9 Å². The summed E-state index contributed by atoms with van der Waals surface area (Å²) in [5.41, 5.74) is 4.66. The van der Waals surface area contributed by atoms with E-state index in [1.807, 2.05) is 13.8 Å². The van der Waals surface area contributed by atoms with Crippen molar-refractivity contribution in [1.29, 1.82) is 0 Å². The Morgan fingerprint density at radius 2 is 1.77 bits per heavy atom. The van der Waals surface area contributed by atoms with Gasteiger partial charge in [-0.2, -0.15) is 0 Å². The van der Waals surface area contributed by atoms with Crippen molar-refractivity contribution >= 4 is 11.7 Å². The molecule has 0 bridgehead atoms. The maximum atomic E-state index is 13.1. The van der Waals surface area contributed by atoms with Gasteiger partial charge in [-0.25, -0.2) is 0 Å². The lowest BCUT2D eigenvalue weighted by Gasteiger charge is -2.27. The van der Waals surface area contributed by atoms with E-state index in [2.05, 4.69) is 24.3 Å². The Morgan fingerprint density at radius 1 is 1.09 bits per heavy atom. The molecule has 1 amide bonds. The Hall–Kier alpha value is -2.70. The third-order valence-corrected chi connectivity index (χ3v) is 7.20. The normalized spacial score (nSPS) is 16.7. The highest BCUT2D eigenvalue weighted by molar-refractivity contribution is 6.02. The van der Waals surface area contributed by atoms with E-state index in [0.717, 1.165) is 24.8 Å². The molecule has 1 saturated heterocycles. The number of fused-ring (bicyclic) bond motifs is 1. The Kier molecular flexibility index (Phi) is 8.58. The first-order valence-corrected chi connectivity index (χ1v) is 12.9. The smallest absolute Gasteiger partial charge is 0.254 e. The number of aryl methyl sites for hydroxylation is 1. The molecule has 188 valence electrons. The van der Waals surface area contributed by atoms with Crippen LogP contribution in [0.3, 0.4) is 0 Å². The molecule has 0 aromatic heterocycles. The molecule has 6 heteroatoms. The molecular formula is C29H37NO5. The number of ether oxygens (including phenoxy) is 2. The first kappa shape index (κ1) is 25.4. The Bertz CT molecular complexity index is 1020. The quantitative estimate of drug-likeness (QED) is 0.512. The highest BCUT2D eigenvalue weighted by Gasteiger charge is 2.25. The zero-order valence-electron chi connectivity index (χ0n) is 20.9. The molecular weight excluding hydrogens is 442 g/mol. The number of benzene rings is 2. The zero-order valence-corrected chi connectivity index (χ0v) is 20.9. The van der Waals surface area contributed by atoms with Crippen molar-refractivity contribution < 1.29 is 24.2 Å². The van der Waals surface area contributed by atoms with Crippen molar-refractivity contribution in [3.63, 3.8) is 0 Å². The number of morpholine rings is 1. The van der Waals surface area contributed by atoms with Crippen molar-refractivity contribution in [3.8, 4) is 5.75 Å². The van der Waals surface area contributed by atoms with E-state index in [4.69, 9.17) is 9.47 Å². The van der Waals surface area contributed by atoms with E-state index in [1.54, 1.807) is 17.0 Å². The van der Waals surface area contributed by atoms with E-state index in [9.17, 15) is 14.7 Å². The molecule has 0 unspecified atom stereocenters. The number of Topliss-reactive ketones (excluding diaryl/α,β-unsaturated/α-hetero) is 1. The number of rotatable bonds is 10. The standard InChI is InChI=1S/C29H37NO5/c1-3-35-28-19-25(29(33)30-12-14-34-15-13-30)20(2)16-26(28)27(32)11-10-24(31)9-8-21-17-22-6-4-5-7-23(22)18-21/h4-7,16,19,21,24,31H,3,8-15,17-18H2,1-2H3/t24-/m0/s1. The Balaban J connectivity index is 1.34. The minimum absolute atomic E-state index is 0.0600. The van der Waals surface area contributed by atoms with Crippen LogP contribution in [0.4, 0.5) is 0 Å². The van der Waals surface area contributed by atoms with Gasteiger partial charge in [0.15, 0.2) is 5.78 Å². The number of carbonyl (C=O) groups excluding carboxylic acids is 2. The molecule has 1 N–H and O–H groups in total. The molecule has 2 aliphatic rings. The summed E-state index contributed by atoms with van der Waals surface area (Å²) in [4.78, 5) is 27.9. The van der Waals surface area contributed by atoms with E-state index in [1.165, 1.54) is 11.1 Å². The topological polar surface area (TPSA) is 76.1 Å². The van der Waals surface area contributed by atoms with Crippen LogP contribution in [-0.4, -0.2) is 60.7 Å². The van der Waals surface area contributed by atoms with Gasteiger partial charge in [0.2, 0.25) is 0 Å². The van der Waals surface area contributed by atoms with Crippen LogP contribution < -0.4 is 4.74 Å². The van der Waals surface area contributed by atoms with Gasteiger partial charge in [0.05, 0.1) is 31.5 Å². The summed E-state index contributed by atoms with van der Waals surface area (Å²) < 4.78 is 11.1. The molecule has 2 aromatic rings. The van der Waals surface area contributed by atoms with Crippen LogP contribution in [0.25, 0.3) is 0 Å². The maximum Gasteiger partial charge on any atom is 0.254 e. The van der Waals surface area contributed by atoms with E-state index in [-0.39, 0.29) is 18.1 Å². The zero-order chi connectivity index (χ0) is 24.8. The Morgan fingerprint density at radius 3 is 2.43 bits per heavy atom. The molecule has 0 radical (unpaired) electrons. The molecule has 1 fully saturated rings. The van der Waals surface area contributed by atoms with Crippen molar-refractivity contribution in [2.24, 2.45) is 5.92 Å². The van der Waals surface area contributed by atoms with Crippen molar-refractivity contribution in [1.82, 2.24) is 4.90 Å². The number of hydrogen-bond donors (Lipinski definition) is 1. The van der Waals surface area contributed by atoms with E-state index in [0.29, 0.717) is 68.5 Å². The molecule has 0 saturated carbocycles. The van der Waals surface area contributed by atoms with Crippen LogP contribution in [0.2, 0.25) is 0 Å². The highest BCUT2D eigenvalue weighted by atomic mass is 16.5. The van der Waals surface area contributed by atoms with Crippen molar-refractivity contribution in [2.45, 2.75) is 58.5 Å². The molecule has 35 heavy (non-hydrogen) atoms. The van der Waals surface area contributed by atoms with Crippen LogP contribution >= 0.6 is 0 Å². The summed E-state index contributed by atoms with van der Waals surface area (Å²) in [6.45, 7) is 6.32. The maximum absolute atomic E-state index is 13.1. The van der Waals surface area contributed by atoms with Crippen LogP contribution in [0, 0.1) is 12.8 Å². The molecule has 6 nitrogen and oxygen atoms in total. The average Bonchev–Trinajstić information content (AvgIpc) is 3.30. The van der Waals surface area contributed by atoms with E-state index < -0.39 is 6.10 Å². The minimum Gasteiger partial charge on any atom is -0.493 e. The average molecular weight is 480 g/mol. The van der Waals surface area contributed by atoms with Crippen molar-refractivity contribution in [3.05, 3.63) is 64.2 Å². The summed E-state index contributed by atoms with van der Waals surface area (Å²) in [5.74, 6) is 0.893. The molecule has 1 atom stereocenters. The van der Waals surface area contributed by atoms with Gasteiger partial charge in [0.1, 0.15) is 5.75 Å². The number of aliphatic hydroxyl groups excluding tert-OH is 1. The largest absolute Gasteiger partial charge is 0.493 e. The highest BCUT2D eigenvalue weighted by Crippen LogP contribution is 2.31. The third kappa shape index (κ3) is 6.30. The third-order valence-electron chi connectivity index (χ3n) is 7.20. The number of nitrogens with zero attached hydrogens (tertiary/aromatic N) is 1. The molecule has 1 heterocycles. The van der Waals surface area contributed by atoms with Gasteiger partial charge in [0.25, 0.3) is 5.91 Å². The number of ketones is 1. The predicted molar refractivity (Wildman–Crippen MR) is 135 cm³/mol. The SMILES string of the molecule is CCOc1cc(C(=O)N2CCOCC2)c(C)cc1C(=O)CC[C@@H](O)CCC1Cc2ccccc2C1. The molecule has 2 aromatic carbocycles. The van der Waals surface area contributed by atoms with E-state index >= 15 is 0 Å². The molecule has 1 aliphatic heterocycles. The number of amides is 1. The lowest BCUT2D eigenvalue weighted by molar-refractivity contribution is 0.0302. The van der Waals surface area contributed by atoms with Gasteiger partial charge in [-0.15, -0.1) is 0 Å². The fraction of sp³-hybridized carbons (Fsp3) is 0.517. The summed E-state index contributed by atoms with van der Waals surface area (Å²) in [7, 11) is 0. The summed E-state index contributed by atoms with van der Waals surface area (Å²) in [6.07, 6.45) is 4.01. The first-order chi connectivity index (χ1) is 17.0. The van der Waals surface area contributed by atoms with Crippen LogP contribution in [0.5, 0.6) is 5.75 Å². The van der Waals surface area contributed by atoms with Crippen LogP contribution in [0.1, 0.15) is 70.0 Å². The van der Waals surface area contributed by atoms with Gasteiger partial charge < -0.3 is 19.5 Å². The van der Waals surface area contributed by atoms with Crippen LogP contribution in [-0.2, 0) is 17.6 Å². The second-order valence-electron chi connectivity index (χ2n) is 9.74. The number of hydrogen-bond acceptors (Lipinski definition) is 5. The lowest BCUT2D eigenvalue weighted by Crippen LogP contribution is -2.41. The first-order valence-electron chi connectivity index (χ1n) is 12.9. The van der Waals surface area contributed by atoms with Gasteiger partial charge in [-0.3, -0.25) is 9.59 Å². The second-order valence-corrected chi connectivity index (χ2v) is 9.74. The minimum atomic E-state index is -0.499. The lowest BCUT2D eigenvalue weighted by atomic mass is 9.94. The predicted octanol–water partition coefficient (Wildman–Crippen LogP) is 4.39. The number of aliphatic hydroxyl groups is 1. The number of carbonyl (C=O) groups is 2. The molecule has 0 spiro atoms. The van der Waals surface area contributed by atoms with Crippen LogP contribution in [0.15, 0.2) is 36.4 Å². The van der Waals surface area contributed by atoms with Gasteiger partial charge in [0, 0.05) is 25.1 Å². The monoisotopic (exact) mass is 479 g/mol. The van der Waals surface area contributed by atoms with Gasteiger partial charge in [-0.1, -0.05) is 24.3 Å². The Labute approximate surface area is 208 Å². The van der Waals surface area contributed by atoms with Gasteiger partial charge >= 0.3 is 0 Å². The second kappa shape index (κ2) is 11.8. The van der Waals surface area contributed by atoms with Gasteiger partial charge in [-0.05, 0) is 80.7 Å². The summed E-state index contributed by atoms with van der Waals surface area (Å²) in [6, 6.07) is 12.0. The summed E-state index contributed by atoms with van der Waals surface area (Å²) >= 11 is 0. The summed E-state index contributed by atoms with van der Waals surface area (Å²) in [5, 5.41) is 10.6. The fourth-order valence-electron chi connectivity index (χ4n) is 5.21. The molecule has 1 aliphatic carbocycles. The molecule has 4 rings (SSSR count). The fourth-order valence-corrected chi connectivity index (χ4v) is 5.21.